The molecule has 116 valence electrons. The molecule has 3 nitrogen and oxygen atoms in total. The molecule has 0 unspecified atom stereocenters. The zero-order valence-corrected chi connectivity index (χ0v) is 16.3. The number of nitrogens with zero attached hydrogens (tertiary/aromatic N) is 1. The topological polar surface area (TPSA) is 36.4 Å². The highest BCUT2D eigenvalue weighted by atomic mass is 127. The molecule has 0 saturated heterocycles. The third kappa shape index (κ3) is 4.58. The molecule has 21 heavy (non-hydrogen) atoms. The van der Waals surface area contributed by atoms with Gasteiger partial charge in [-0.05, 0) is 49.3 Å². The molecule has 0 aliphatic heterocycles. The monoisotopic (exact) mass is 463 g/mol. The van der Waals surface area contributed by atoms with Crippen molar-refractivity contribution in [2.75, 3.05) is 20.1 Å². The number of aliphatic imine (C=N–C) groups is 1. The molecule has 2 fully saturated rings. The smallest absolute Gasteiger partial charge is 0.191 e. The van der Waals surface area contributed by atoms with Gasteiger partial charge in [-0.2, -0.15) is 0 Å². The summed E-state index contributed by atoms with van der Waals surface area (Å²) in [5, 5.41) is 6.92. The van der Waals surface area contributed by atoms with Gasteiger partial charge in [0, 0.05) is 30.0 Å². The minimum Gasteiger partial charge on any atom is -0.356 e. The van der Waals surface area contributed by atoms with Crippen LogP contribution in [0.25, 0.3) is 0 Å². The van der Waals surface area contributed by atoms with E-state index in [1.807, 2.05) is 7.05 Å². The quantitative estimate of drug-likeness (QED) is 0.397. The van der Waals surface area contributed by atoms with Crippen LogP contribution in [0.1, 0.15) is 31.2 Å². The lowest BCUT2D eigenvalue weighted by atomic mass is 9.96. The fourth-order valence-electron chi connectivity index (χ4n) is 2.57. The van der Waals surface area contributed by atoms with Crippen LogP contribution >= 0.6 is 39.9 Å². The summed E-state index contributed by atoms with van der Waals surface area (Å²) in [4.78, 5) is 4.32. The van der Waals surface area contributed by atoms with Crippen molar-refractivity contribution in [2.45, 2.75) is 31.1 Å². The molecule has 2 saturated carbocycles. The van der Waals surface area contributed by atoms with Gasteiger partial charge in [0.2, 0.25) is 0 Å². The Kier molecular flexibility index (Phi) is 5.94. The van der Waals surface area contributed by atoms with Gasteiger partial charge in [-0.15, -0.1) is 24.0 Å². The van der Waals surface area contributed by atoms with Gasteiger partial charge in [0.15, 0.2) is 5.96 Å². The first-order chi connectivity index (χ1) is 9.72. The maximum atomic E-state index is 4.32. The minimum atomic E-state index is 0. The minimum absolute atomic E-state index is 0. The first-order valence-electron chi connectivity index (χ1n) is 7.42. The summed E-state index contributed by atoms with van der Waals surface area (Å²) in [6, 6.07) is 8.69. The van der Waals surface area contributed by atoms with E-state index in [2.05, 4.69) is 55.8 Å². The average molecular weight is 464 g/mol. The number of halogens is 2. The van der Waals surface area contributed by atoms with Gasteiger partial charge in [-0.25, -0.2) is 0 Å². The fraction of sp³-hybridized carbons (Fsp3) is 0.562. The summed E-state index contributed by atoms with van der Waals surface area (Å²) in [5.74, 6) is 1.81. The van der Waals surface area contributed by atoms with E-state index in [0.29, 0.717) is 5.41 Å². The van der Waals surface area contributed by atoms with Crippen LogP contribution in [0.15, 0.2) is 33.7 Å². The Bertz CT molecular complexity index is 510. The molecule has 2 N–H and O–H groups in total. The molecule has 3 rings (SSSR count). The van der Waals surface area contributed by atoms with Crippen LogP contribution in [0.5, 0.6) is 0 Å². The molecule has 2 aliphatic rings. The Hall–Kier alpha value is -0.300. The van der Waals surface area contributed by atoms with Crippen molar-refractivity contribution in [1.29, 1.82) is 0 Å². The predicted molar refractivity (Wildman–Crippen MR) is 103 cm³/mol. The molecule has 1 aromatic rings. The Morgan fingerprint density at radius 2 is 2.10 bits per heavy atom. The largest absolute Gasteiger partial charge is 0.356 e. The van der Waals surface area contributed by atoms with E-state index in [-0.39, 0.29) is 24.0 Å². The van der Waals surface area contributed by atoms with E-state index in [4.69, 9.17) is 0 Å². The van der Waals surface area contributed by atoms with Crippen LogP contribution in [0.2, 0.25) is 0 Å². The van der Waals surface area contributed by atoms with Crippen LogP contribution in [0.4, 0.5) is 0 Å². The van der Waals surface area contributed by atoms with Gasteiger partial charge in [-0.3, -0.25) is 4.99 Å². The van der Waals surface area contributed by atoms with Crippen molar-refractivity contribution >= 4 is 45.9 Å². The zero-order valence-electron chi connectivity index (χ0n) is 12.4. The molecule has 0 spiro atoms. The SMILES string of the molecule is CN=C(NCC1CC1)NCC1(c2cccc(Br)c2)CC1.I. The highest BCUT2D eigenvalue weighted by molar-refractivity contribution is 14.0. The van der Waals surface area contributed by atoms with Crippen molar-refractivity contribution in [3.63, 3.8) is 0 Å². The van der Waals surface area contributed by atoms with Gasteiger partial charge in [0.25, 0.3) is 0 Å². The first-order valence-corrected chi connectivity index (χ1v) is 8.22. The van der Waals surface area contributed by atoms with Crippen molar-refractivity contribution in [3.05, 3.63) is 34.3 Å². The highest BCUT2D eigenvalue weighted by Crippen LogP contribution is 2.48. The molecule has 0 bridgehead atoms. The molecule has 1 aromatic carbocycles. The van der Waals surface area contributed by atoms with E-state index in [1.54, 1.807) is 0 Å². The van der Waals surface area contributed by atoms with Crippen LogP contribution in [-0.4, -0.2) is 26.1 Å². The van der Waals surface area contributed by atoms with Crippen LogP contribution < -0.4 is 10.6 Å². The van der Waals surface area contributed by atoms with Gasteiger partial charge < -0.3 is 10.6 Å². The zero-order chi connectivity index (χ0) is 14.0. The summed E-state index contributed by atoms with van der Waals surface area (Å²) in [6.07, 6.45) is 5.25. The Morgan fingerprint density at radius 1 is 1.33 bits per heavy atom. The number of rotatable bonds is 5. The normalized spacial score (nSPS) is 19.6. The van der Waals surface area contributed by atoms with Crippen LogP contribution in [0, 0.1) is 5.92 Å². The maximum Gasteiger partial charge on any atom is 0.191 e. The molecular formula is C16H23BrIN3. The Morgan fingerprint density at radius 3 is 2.67 bits per heavy atom. The second-order valence-electron chi connectivity index (χ2n) is 6.04. The molecule has 0 radical (unpaired) electrons. The van der Waals surface area contributed by atoms with Gasteiger partial charge in [0.05, 0.1) is 0 Å². The standard InChI is InChI=1S/C16H22BrN3.HI/c1-18-15(19-10-12-5-6-12)20-11-16(7-8-16)13-3-2-4-14(17)9-13;/h2-4,9,12H,5-8,10-11H2,1H3,(H2,18,19,20);1H. The number of benzene rings is 1. The highest BCUT2D eigenvalue weighted by Gasteiger charge is 2.44. The predicted octanol–water partition coefficient (Wildman–Crippen LogP) is 3.67. The third-order valence-corrected chi connectivity index (χ3v) is 4.86. The summed E-state index contributed by atoms with van der Waals surface area (Å²) in [5.41, 5.74) is 1.73. The van der Waals surface area contributed by atoms with E-state index in [9.17, 15) is 0 Å². The van der Waals surface area contributed by atoms with Gasteiger partial charge in [-0.1, -0.05) is 28.1 Å². The van der Waals surface area contributed by atoms with Crippen molar-refractivity contribution < 1.29 is 0 Å². The summed E-state index contributed by atoms with van der Waals surface area (Å²) >= 11 is 3.57. The van der Waals surface area contributed by atoms with E-state index < -0.39 is 0 Å². The molecule has 0 heterocycles. The third-order valence-electron chi connectivity index (χ3n) is 4.36. The fourth-order valence-corrected chi connectivity index (χ4v) is 2.97. The number of guanidine groups is 1. The van der Waals surface area contributed by atoms with Gasteiger partial charge in [0.1, 0.15) is 0 Å². The van der Waals surface area contributed by atoms with Crippen LogP contribution in [0.3, 0.4) is 0 Å². The van der Waals surface area contributed by atoms with E-state index in [0.717, 1.165) is 29.4 Å². The van der Waals surface area contributed by atoms with Gasteiger partial charge >= 0.3 is 0 Å². The molecule has 0 atom stereocenters. The second kappa shape index (κ2) is 7.31. The Balaban J connectivity index is 0.00000161. The molecular weight excluding hydrogens is 441 g/mol. The second-order valence-corrected chi connectivity index (χ2v) is 6.96. The average Bonchev–Trinajstić information content (AvgIpc) is 3.35. The molecule has 5 heteroatoms. The lowest BCUT2D eigenvalue weighted by Crippen LogP contribution is -2.41. The summed E-state index contributed by atoms with van der Waals surface area (Å²) < 4.78 is 1.16. The van der Waals surface area contributed by atoms with Crippen molar-refractivity contribution in [3.8, 4) is 0 Å². The lowest BCUT2D eigenvalue weighted by Gasteiger charge is -2.19. The number of nitrogens with one attached hydrogen (secondary N) is 2. The van der Waals surface area contributed by atoms with E-state index in [1.165, 1.54) is 31.2 Å². The summed E-state index contributed by atoms with van der Waals surface area (Å²) in [6.45, 7) is 2.03. The molecule has 0 aromatic heterocycles. The Labute approximate surface area is 152 Å². The van der Waals surface area contributed by atoms with Crippen molar-refractivity contribution in [2.24, 2.45) is 10.9 Å². The van der Waals surface area contributed by atoms with E-state index >= 15 is 0 Å². The van der Waals surface area contributed by atoms with Crippen molar-refractivity contribution in [1.82, 2.24) is 10.6 Å². The first kappa shape index (κ1) is 17.1. The molecule has 0 amide bonds. The maximum absolute atomic E-state index is 4.32. The molecule has 2 aliphatic carbocycles. The summed E-state index contributed by atoms with van der Waals surface area (Å²) in [7, 11) is 1.85. The number of hydrogen-bond acceptors (Lipinski definition) is 1. The lowest BCUT2D eigenvalue weighted by molar-refractivity contribution is 0.640. The number of hydrogen-bond donors (Lipinski definition) is 2. The van der Waals surface area contributed by atoms with Crippen LogP contribution in [-0.2, 0) is 5.41 Å².